The Morgan fingerprint density at radius 3 is 2.74 bits per heavy atom. The first-order chi connectivity index (χ1) is 15.0. The molecule has 2 N–H and O–H groups in total. The highest BCUT2D eigenvalue weighted by atomic mass is 19.1. The first-order valence-corrected chi connectivity index (χ1v) is 10.4. The second-order valence-corrected chi connectivity index (χ2v) is 7.88. The molecule has 164 valence electrons. The van der Waals surface area contributed by atoms with Gasteiger partial charge in [0.15, 0.2) is 6.29 Å². The van der Waals surface area contributed by atoms with Crippen LogP contribution in [-0.2, 0) is 4.79 Å². The lowest BCUT2D eigenvalue weighted by Crippen LogP contribution is -2.49. The molecule has 8 heteroatoms. The maximum Gasteiger partial charge on any atom is 0.257 e. The largest absolute Gasteiger partial charge is 0.386 e. The molecule has 2 fully saturated rings. The van der Waals surface area contributed by atoms with Crippen molar-refractivity contribution in [1.29, 1.82) is 5.41 Å². The van der Waals surface area contributed by atoms with E-state index >= 15 is 0 Å². The first kappa shape index (κ1) is 22.4. The highest BCUT2D eigenvalue weighted by molar-refractivity contribution is 6.22. The predicted octanol–water partition coefficient (Wildman–Crippen LogP) is 2.70. The number of amides is 2. The van der Waals surface area contributed by atoms with Crippen molar-refractivity contribution >= 4 is 23.8 Å². The highest BCUT2D eigenvalue weighted by Crippen LogP contribution is 2.28. The fourth-order valence-corrected chi connectivity index (χ4v) is 3.74. The third kappa shape index (κ3) is 5.07. The topological polar surface area (TPSA) is 93.6 Å². The molecular formula is C23H27FN4O3. The third-order valence-corrected chi connectivity index (χ3v) is 5.77. The van der Waals surface area contributed by atoms with Crippen LogP contribution in [0.3, 0.4) is 0 Å². The van der Waals surface area contributed by atoms with Gasteiger partial charge < -0.3 is 20.5 Å². The molecule has 0 spiro atoms. The number of likely N-dealkylation sites (N-methyl/N-ethyl adjacent to an activating group) is 1. The molecule has 3 rings (SSSR count). The van der Waals surface area contributed by atoms with Crippen molar-refractivity contribution in [3.8, 4) is 0 Å². The van der Waals surface area contributed by atoms with Crippen LogP contribution in [-0.4, -0.2) is 66.3 Å². The van der Waals surface area contributed by atoms with Crippen molar-refractivity contribution in [2.24, 2.45) is 0 Å². The summed E-state index contributed by atoms with van der Waals surface area (Å²) in [4.78, 5) is 39.6. The Bertz CT molecular complexity index is 937. The normalized spacial score (nSPS) is 18.7. The lowest BCUT2D eigenvalue weighted by atomic mass is 9.88. The smallest absolute Gasteiger partial charge is 0.257 e. The zero-order valence-electron chi connectivity index (χ0n) is 17.6. The van der Waals surface area contributed by atoms with E-state index in [4.69, 9.17) is 5.41 Å². The van der Waals surface area contributed by atoms with Gasteiger partial charge in [-0.3, -0.25) is 14.4 Å². The van der Waals surface area contributed by atoms with Gasteiger partial charge in [-0.15, -0.1) is 0 Å². The zero-order chi connectivity index (χ0) is 22.4. The molecule has 1 heterocycles. The molecule has 1 saturated carbocycles. The molecule has 0 bridgehead atoms. The van der Waals surface area contributed by atoms with Gasteiger partial charge in [0.05, 0.1) is 17.5 Å². The Hall–Kier alpha value is -3.29. The number of rotatable bonds is 8. The summed E-state index contributed by atoms with van der Waals surface area (Å²) < 4.78 is 13.4. The molecule has 31 heavy (non-hydrogen) atoms. The summed E-state index contributed by atoms with van der Waals surface area (Å²) >= 11 is 0. The van der Waals surface area contributed by atoms with Gasteiger partial charge in [-0.25, -0.2) is 4.39 Å². The minimum Gasteiger partial charge on any atom is -0.386 e. The average molecular weight is 426 g/mol. The molecule has 2 amide bonds. The number of carbonyl (C=O) groups is 3. The number of nitrogens with zero attached hydrogens (tertiary/aromatic N) is 2. The summed E-state index contributed by atoms with van der Waals surface area (Å²) in [6, 6.07) is 6.70. The van der Waals surface area contributed by atoms with E-state index in [-0.39, 0.29) is 47.8 Å². The maximum absolute atomic E-state index is 13.4. The Balaban J connectivity index is 1.59. The summed E-state index contributed by atoms with van der Waals surface area (Å²) in [5.41, 5.74) is 1.41. The Morgan fingerprint density at radius 1 is 1.35 bits per heavy atom. The molecule has 1 aromatic carbocycles. The van der Waals surface area contributed by atoms with Crippen molar-refractivity contribution < 1.29 is 18.8 Å². The molecule has 0 atom stereocenters. The second kappa shape index (κ2) is 10.1. The number of nitrogens with one attached hydrogen (secondary N) is 2. The van der Waals surface area contributed by atoms with Crippen molar-refractivity contribution in [1.82, 2.24) is 15.1 Å². The van der Waals surface area contributed by atoms with E-state index in [0.29, 0.717) is 36.7 Å². The van der Waals surface area contributed by atoms with Crippen LogP contribution in [0.2, 0.25) is 0 Å². The molecule has 7 nitrogen and oxygen atoms in total. The van der Waals surface area contributed by atoms with E-state index in [1.807, 2.05) is 4.90 Å². The molecule has 1 saturated heterocycles. The monoisotopic (exact) mass is 426 g/mol. The number of benzene rings is 1. The standard InChI is InChI=1S/C23H27FN4O3/c1-27(22(30)19-8-3-2-5-17(19)15-29)14-16(11-24)12-26-13-20-21(25)9-10-28(23(20)31)18-6-4-7-18/h2-3,5,8,11,13,15,18,25-26H,4,6-7,9-10,12,14H2,1H3/b16-11-,20-13+,25-21?. The number of aldehydes is 1. The number of halogens is 1. The number of hydrogen-bond donors (Lipinski definition) is 2. The molecule has 0 radical (unpaired) electrons. The van der Waals surface area contributed by atoms with Crippen LogP contribution in [0.25, 0.3) is 0 Å². The van der Waals surface area contributed by atoms with Gasteiger partial charge in [-0.1, -0.05) is 18.2 Å². The SMILES string of the molecule is CN(C/C(=C\F)CN/C=C1\C(=N)CCN(C2CCC2)C1=O)C(=O)c1ccccc1C=O. The fraction of sp³-hybridized carbons (Fsp3) is 0.391. The molecule has 0 unspecified atom stereocenters. The van der Waals surface area contributed by atoms with E-state index in [0.717, 1.165) is 19.3 Å². The van der Waals surface area contributed by atoms with Crippen molar-refractivity contribution in [3.63, 3.8) is 0 Å². The van der Waals surface area contributed by atoms with Crippen LogP contribution in [0.1, 0.15) is 46.4 Å². The van der Waals surface area contributed by atoms with Crippen LogP contribution in [0, 0.1) is 5.41 Å². The van der Waals surface area contributed by atoms with Crippen LogP contribution in [0.5, 0.6) is 0 Å². The second-order valence-electron chi connectivity index (χ2n) is 7.88. The maximum atomic E-state index is 13.4. The Kier molecular flexibility index (Phi) is 7.33. The summed E-state index contributed by atoms with van der Waals surface area (Å²) in [6.45, 7) is 0.666. The summed E-state index contributed by atoms with van der Waals surface area (Å²) in [5.74, 6) is -0.544. The average Bonchev–Trinajstić information content (AvgIpc) is 2.75. The van der Waals surface area contributed by atoms with Gasteiger partial charge in [0.2, 0.25) is 0 Å². The van der Waals surface area contributed by atoms with Gasteiger partial charge >= 0.3 is 0 Å². The Labute approximate surface area is 181 Å². The van der Waals surface area contributed by atoms with Gasteiger partial charge in [0.1, 0.15) is 0 Å². The van der Waals surface area contributed by atoms with Gasteiger partial charge in [-0.05, 0) is 30.9 Å². The predicted molar refractivity (Wildman–Crippen MR) is 116 cm³/mol. The lowest BCUT2D eigenvalue weighted by molar-refractivity contribution is -0.131. The fourth-order valence-electron chi connectivity index (χ4n) is 3.74. The van der Waals surface area contributed by atoms with Gasteiger partial charge in [0.25, 0.3) is 11.8 Å². The number of piperidine rings is 1. The molecule has 1 aliphatic heterocycles. The minimum atomic E-state index is -0.388. The number of hydrogen-bond acceptors (Lipinski definition) is 5. The molecule has 0 aromatic heterocycles. The minimum absolute atomic E-state index is 0.0122. The van der Waals surface area contributed by atoms with Crippen LogP contribution in [0.15, 0.2) is 47.9 Å². The third-order valence-electron chi connectivity index (χ3n) is 5.77. The summed E-state index contributed by atoms with van der Waals surface area (Å²) in [5, 5.41) is 11.0. The van der Waals surface area contributed by atoms with Crippen molar-refractivity contribution in [3.05, 3.63) is 59.1 Å². The number of likely N-dealkylation sites (tertiary alicyclic amines) is 1. The molecule has 2 aliphatic rings. The van der Waals surface area contributed by atoms with Crippen LogP contribution >= 0.6 is 0 Å². The molecule has 1 aliphatic carbocycles. The van der Waals surface area contributed by atoms with Crippen molar-refractivity contribution in [2.45, 2.75) is 31.7 Å². The summed E-state index contributed by atoms with van der Waals surface area (Å²) in [7, 11) is 1.53. The first-order valence-electron chi connectivity index (χ1n) is 10.4. The quantitative estimate of drug-likeness (QED) is 0.494. The highest BCUT2D eigenvalue weighted by Gasteiger charge is 2.34. The number of carbonyl (C=O) groups excluding carboxylic acids is 3. The zero-order valence-corrected chi connectivity index (χ0v) is 17.6. The van der Waals surface area contributed by atoms with Crippen LogP contribution < -0.4 is 5.32 Å². The van der Waals surface area contributed by atoms with Crippen LogP contribution in [0.4, 0.5) is 4.39 Å². The van der Waals surface area contributed by atoms with Gasteiger partial charge in [-0.2, -0.15) is 0 Å². The molecule has 1 aromatic rings. The lowest BCUT2D eigenvalue weighted by Gasteiger charge is -2.40. The van der Waals surface area contributed by atoms with E-state index in [9.17, 15) is 18.8 Å². The van der Waals surface area contributed by atoms with Gasteiger partial charge in [0, 0.05) is 56.6 Å². The van der Waals surface area contributed by atoms with E-state index in [1.165, 1.54) is 18.1 Å². The Morgan fingerprint density at radius 2 is 2.10 bits per heavy atom. The molecular weight excluding hydrogens is 399 g/mol. The summed E-state index contributed by atoms with van der Waals surface area (Å²) in [6.07, 6.45) is 6.15. The van der Waals surface area contributed by atoms with Crippen molar-refractivity contribution in [2.75, 3.05) is 26.7 Å². The van der Waals surface area contributed by atoms with E-state index in [2.05, 4.69) is 5.32 Å². The van der Waals surface area contributed by atoms with E-state index < -0.39 is 0 Å². The van der Waals surface area contributed by atoms with E-state index in [1.54, 1.807) is 24.3 Å².